The molecule has 1 amide bonds. The van der Waals surface area contributed by atoms with Crippen molar-refractivity contribution in [1.82, 2.24) is 16.0 Å². The summed E-state index contributed by atoms with van der Waals surface area (Å²) < 4.78 is 10.9. The number of amides is 1. The Morgan fingerprint density at radius 2 is 1.82 bits per heavy atom. The van der Waals surface area contributed by atoms with Gasteiger partial charge in [-0.3, -0.25) is 4.99 Å². The third kappa shape index (κ3) is 12.6. The van der Waals surface area contributed by atoms with Gasteiger partial charge in [-0.05, 0) is 44.4 Å². The number of rotatable bonds is 8. The van der Waals surface area contributed by atoms with Gasteiger partial charge in [-0.25, -0.2) is 4.79 Å². The Morgan fingerprint density at radius 1 is 1.14 bits per heavy atom. The summed E-state index contributed by atoms with van der Waals surface area (Å²) in [6.07, 6.45) is -0.426. The largest absolute Gasteiger partial charge is 0.493 e. The summed E-state index contributed by atoms with van der Waals surface area (Å²) in [5.41, 5.74) is 0.605. The molecule has 0 radical (unpaired) electrons. The van der Waals surface area contributed by atoms with E-state index in [4.69, 9.17) is 9.47 Å². The van der Waals surface area contributed by atoms with E-state index in [1.807, 2.05) is 45.0 Å². The first kappa shape index (κ1) is 26.3. The predicted molar refractivity (Wildman–Crippen MR) is 125 cm³/mol. The Balaban J connectivity index is 0.00000729. The Kier molecular flexibility index (Phi) is 12.6. The molecule has 0 fully saturated rings. The highest BCUT2D eigenvalue weighted by Crippen LogP contribution is 2.14. The summed E-state index contributed by atoms with van der Waals surface area (Å²) in [7, 11) is 1.71. The van der Waals surface area contributed by atoms with Gasteiger partial charge in [0.25, 0.3) is 0 Å². The fraction of sp³-hybridized carbons (Fsp3) is 0.600. The molecule has 7 nitrogen and oxygen atoms in total. The van der Waals surface area contributed by atoms with Gasteiger partial charge in [-0.15, -0.1) is 24.0 Å². The number of aliphatic imine (C=N–C) groups is 1. The third-order valence-electron chi connectivity index (χ3n) is 3.25. The molecule has 0 aliphatic carbocycles. The Morgan fingerprint density at radius 3 is 2.43 bits per heavy atom. The average molecular weight is 506 g/mol. The van der Waals surface area contributed by atoms with Crippen molar-refractivity contribution >= 4 is 36.0 Å². The predicted octanol–water partition coefficient (Wildman–Crippen LogP) is 3.53. The second-order valence-corrected chi connectivity index (χ2v) is 7.63. The van der Waals surface area contributed by atoms with E-state index in [9.17, 15) is 4.79 Å². The first-order valence-corrected chi connectivity index (χ1v) is 9.32. The Bertz CT molecular complexity index is 616. The van der Waals surface area contributed by atoms with Crippen LogP contribution in [0.25, 0.3) is 0 Å². The fourth-order valence-corrected chi connectivity index (χ4v) is 2.07. The van der Waals surface area contributed by atoms with Crippen LogP contribution in [0.4, 0.5) is 4.79 Å². The minimum absolute atomic E-state index is 0. The number of nitrogens with zero attached hydrogens (tertiary/aromatic N) is 1. The van der Waals surface area contributed by atoms with E-state index < -0.39 is 11.7 Å². The Labute approximate surface area is 186 Å². The fourth-order valence-electron chi connectivity index (χ4n) is 2.07. The van der Waals surface area contributed by atoms with E-state index >= 15 is 0 Å². The van der Waals surface area contributed by atoms with Crippen molar-refractivity contribution < 1.29 is 14.3 Å². The van der Waals surface area contributed by atoms with Crippen molar-refractivity contribution in [2.24, 2.45) is 10.9 Å². The van der Waals surface area contributed by atoms with Crippen LogP contribution in [-0.2, 0) is 11.3 Å². The van der Waals surface area contributed by atoms with Crippen LogP contribution < -0.4 is 20.7 Å². The molecule has 0 atom stereocenters. The van der Waals surface area contributed by atoms with Gasteiger partial charge < -0.3 is 25.4 Å². The summed E-state index contributed by atoms with van der Waals surface area (Å²) in [4.78, 5) is 15.8. The lowest BCUT2D eigenvalue weighted by Crippen LogP contribution is -2.42. The molecular weight excluding hydrogens is 471 g/mol. The lowest BCUT2D eigenvalue weighted by molar-refractivity contribution is 0.0529. The molecule has 0 aromatic heterocycles. The first-order chi connectivity index (χ1) is 12.7. The number of halogens is 1. The summed E-state index contributed by atoms with van der Waals surface area (Å²) in [6.45, 7) is 12.0. The number of carbonyl (C=O) groups is 1. The molecule has 0 spiro atoms. The zero-order valence-corrected chi connectivity index (χ0v) is 20.1. The maximum atomic E-state index is 11.6. The van der Waals surface area contributed by atoms with E-state index in [0.29, 0.717) is 38.1 Å². The SMILES string of the molecule is CN=C(NCCNC(=O)OC(C)(C)C)NCc1cccc(OCC(C)C)c1.I. The van der Waals surface area contributed by atoms with Gasteiger partial charge in [0.15, 0.2) is 5.96 Å². The number of hydrogen-bond acceptors (Lipinski definition) is 4. The molecule has 1 aromatic carbocycles. The lowest BCUT2D eigenvalue weighted by Gasteiger charge is -2.20. The van der Waals surface area contributed by atoms with Crippen LogP contribution in [0.5, 0.6) is 5.75 Å². The lowest BCUT2D eigenvalue weighted by atomic mass is 10.2. The van der Waals surface area contributed by atoms with Crippen molar-refractivity contribution in [1.29, 1.82) is 0 Å². The molecule has 0 saturated heterocycles. The molecule has 3 N–H and O–H groups in total. The second-order valence-electron chi connectivity index (χ2n) is 7.63. The van der Waals surface area contributed by atoms with Gasteiger partial charge in [0.2, 0.25) is 0 Å². The molecule has 1 aromatic rings. The van der Waals surface area contributed by atoms with Crippen LogP contribution in [0.15, 0.2) is 29.3 Å². The summed E-state index contributed by atoms with van der Waals surface area (Å²) in [5, 5.41) is 9.09. The molecule has 0 aliphatic heterocycles. The maximum Gasteiger partial charge on any atom is 0.407 e. The van der Waals surface area contributed by atoms with Crippen LogP contribution in [0.1, 0.15) is 40.2 Å². The normalized spacial score (nSPS) is 11.5. The molecule has 160 valence electrons. The quantitative estimate of drug-likeness (QED) is 0.218. The maximum absolute atomic E-state index is 11.6. The van der Waals surface area contributed by atoms with E-state index in [1.165, 1.54) is 0 Å². The molecular formula is C20H35IN4O3. The van der Waals surface area contributed by atoms with Gasteiger partial charge >= 0.3 is 6.09 Å². The molecule has 0 heterocycles. The van der Waals surface area contributed by atoms with Crippen molar-refractivity contribution in [3.63, 3.8) is 0 Å². The summed E-state index contributed by atoms with van der Waals surface area (Å²) in [5.74, 6) is 2.02. The van der Waals surface area contributed by atoms with Gasteiger partial charge in [-0.2, -0.15) is 0 Å². The second kappa shape index (κ2) is 13.5. The topological polar surface area (TPSA) is 84.0 Å². The van der Waals surface area contributed by atoms with Crippen molar-refractivity contribution in [3.8, 4) is 5.75 Å². The first-order valence-electron chi connectivity index (χ1n) is 9.32. The number of alkyl carbamates (subject to hydrolysis) is 1. The van der Waals surface area contributed by atoms with Crippen LogP contribution >= 0.6 is 24.0 Å². The van der Waals surface area contributed by atoms with Crippen molar-refractivity contribution in [3.05, 3.63) is 29.8 Å². The number of nitrogens with one attached hydrogen (secondary N) is 3. The van der Waals surface area contributed by atoms with Crippen LogP contribution in [-0.4, -0.2) is 44.4 Å². The Hall–Kier alpha value is -1.71. The molecule has 0 bridgehead atoms. The zero-order chi connectivity index (χ0) is 20.3. The monoisotopic (exact) mass is 506 g/mol. The van der Waals surface area contributed by atoms with Gasteiger partial charge in [0.1, 0.15) is 11.4 Å². The van der Waals surface area contributed by atoms with Crippen molar-refractivity contribution in [2.45, 2.75) is 46.8 Å². The standard InChI is InChI=1S/C20H34N4O3.HI/c1-15(2)14-26-17-9-7-8-16(12-17)13-24-18(21-6)22-10-11-23-19(25)27-20(3,4)5;/h7-9,12,15H,10-11,13-14H2,1-6H3,(H,23,25)(H2,21,22,24);1H. The summed E-state index contributed by atoms with van der Waals surface area (Å²) >= 11 is 0. The van der Waals surface area contributed by atoms with E-state index in [1.54, 1.807) is 7.05 Å². The van der Waals surface area contributed by atoms with E-state index in [2.05, 4.69) is 34.8 Å². The van der Waals surface area contributed by atoms with E-state index in [0.717, 1.165) is 11.3 Å². The van der Waals surface area contributed by atoms with Crippen LogP contribution in [0.3, 0.4) is 0 Å². The van der Waals surface area contributed by atoms with Crippen molar-refractivity contribution in [2.75, 3.05) is 26.7 Å². The number of hydrogen-bond donors (Lipinski definition) is 3. The van der Waals surface area contributed by atoms with Gasteiger partial charge in [-0.1, -0.05) is 26.0 Å². The highest BCUT2D eigenvalue weighted by Gasteiger charge is 2.15. The number of ether oxygens (including phenoxy) is 2. The highest BCUT2D eigenvalue weighted by atomic mass is 127. The molecule has 28 heavy (non-hydrogen) atoms. The third-order valence-corrected chi connectivity index (χ3v) is 3.25. The molecule has 0 aliphatic rings. The summed E-state index contributed by atoms with van der Waals surface area (Å²) in [6, 6.07) is 7.99. The van der Waals surface area contributed by atoms with Crippen LogP contribution in [0, 0.1) is 5.92 Å². The number of guanidine groups is 1. The molecule has 1 rings (SSSR count). The molecule has 8 heteroatoms. The highest BCUT2D eigenvalue weighted by molar-refractivity contribution is 14.0. The number of benzene rings is 1. The van der Waals surface area contributed by atoms with Crippen LogP contribution in [0.2, 0.25) is 0 Å². The van der Waals surface area contributed by atoms with Gasteiger partial charge in [0, 0.05) is 26.7 Å². The smallest absolute Gasteiger partial charge is 0.407 e. The molecule has 0 saturated carbocycles. The minimum atomic E-state index is -0.497. The average Bonchev–Trinajstić information content (AvgIpc) is 2.58. The van der Waals surface area contributed by atoms with E-state index in [-0.39, 0.29) is 24.0 Å². The molecule has 0 unspecified atom stereocenters. The zero-order valence-electron chi connectivity index (χ0n) is 17.8. The van der Waals surface area contributed by atoms with Gasteiger partial charge in [0.05, 0.1) is 6.61 Å². The minimum Gasteiger partial charge on any atom is -0.493 e. The number of carbonyl (C=O) groups excluding carboxylic acids is 1.